The van der Waals surface area contributed by atoms with E-state index in [1.807, 2.05) is 71.9 Å². The van der Waals surface area contributed by atoms with Crippen molar-refractivity contribution in [3.05, 3.63) is 149 Å². The number of halogens is 1. The van der Waals surface area contributed by atoms with E-state index in [1.54, 1.807) is 44.2 Å². The Morgan fingerprint density at radius 1 is 1.00 bits per heavy atom. The fourth-order valence-electron chi connectivity index (χ4n) is 4.59. The quantitative estimate of drug-likeness (QED) is 0.0906. The molecule has 0 amide bonds. The number of hydrogen-bond acceptors (Lipinski definition) is 6. The molecule has 0 spiro atoms. The van der Waals surface area contributed by atoms with Crippen LogP contribution in [0.15, 0.2) is 110 Å². The molecule has 0 aliphatic heterocycles. The number of nitrogens with two attached hydrogens (primary N) is 1. The normalized spacial score (nSPS) is 11.9. The highest BCUT2D eigenvalue weighted by molar-refractivity contribution is 5.94. The lowest BCUT2D eigenvalue weighted by atomic mass is 9.81. The van der Waals surface area contributed by atoms with Gasteiger partial charge in [-0.15, -0.1) is 0 Å². The monoisotopic (exact) mass is 651 g/mol. The van der Waals surface area contributed by atoms with Gasteiger partial charge in [0.2, 0.25) is 0 Å². The predicted octanol–water partition coefficient (Wildman–Crippen LogP) is 10.1. The maximum atomic E-state index is 12.6. The molecule has 0 fully saturated rings. The third kappa shape index (κ3) is 10.7. The third-order valence-corrected chi connectivity index (χ3v) is 7.45. The maximum absolute atomic E-state index is 12.6. The Kier molecular flexibility index (Phi) is 16.6. The number of Topliss-reactive ketones (excluding diaryl/α,β-unsaturated/α-hetero) is 1. The van der Waals surface area contributed by atoms with Crippen molar-refractivity contribution in [2.24, 2.45) is 0 Å². The van der Waals surface area contributed by atoms with Gasteiger partial charge in [0.15, 0.2) is 11.6 Å². The molecule has 1 unspecified atom stereocenters. The van der Waals surface area contributed by atoms with E-state index in [-0.39, 0.29) is 23.2 Å². The summed E-state index contributed by atoms with van der Waals surface area (Å²) in [6.45, 7) is 28.6. The molecule has 0 aliphatic rings. The van der Waals surface area contributed by atoms with Crippen LogP contribution in [0.5, 0.6) is 0 Å². The number of carbonyl (C=O) groups excluding carboxylic acids is 2. The molecule has 0 radical (unpaired) electrons. The van der Waals surface area contributed by atoms with Gasteiger partial charge in [0.25, 0.3) is 0 Å². The number of carbonyl (C=O) groups is 2. The highest BCUT2D eigenvalue weighted by atomic mass is 19.1. The third-order valence-electron chi connectivity index (χ3n) is 7.45. The minimum absolute atomic E-state index is 0.00497. The number of nitrogens with zero attached hydrogens (tertiary/aromatic N) is 2. The average molecular weight is 652 g/mol. The van der Waals surface area contributed by atoms with Crippen molar-refractivity contribution >= 4 is 29.0 Å². The van der Waals surface area contributed by atoms with Gasteiger partial charge >= 0.3 is 0 Å². The summed E-state index contributed by atoms with van der Waals surface area (Å²) in [5.74, 6) is 0.582. The smallest absolute Gasteiger partial charge is 0.161 e. The number of benzene rings is 2. The lowest BCUT2D eigenvalue weighted by molar-refractivity contribution is -0.111. The van der Waals surface area contributed by atoms with E-state index >= 15 is 0 Å². The summed E-state index contributed by atoms with van der Waals surface area (Å²) < 4.78 is 18.4. The van der Waals surface area contributed by atoms with Crippen LogP contribution in [0, 0.1) is 12.7 Å². The van der Waals surface area contributed by atoms with Crippen LogP contribution in [0.4, 0.5) is 10.2 Å². The Labute approximate surface area is 286 Å². The maximum Gasteiger partial charge on any atom is 0.161 e. The van der Waals surface area contributed by atoms with E-state index in [4.69, 9.17) is 10.5 Å². The molecule has 1 aromatic heterocycles. The lowest BCUT2D eigenvalue weighted by Gasteiger charge is -2.27. The number of anilines is 1. The van der Waals surface area contributed by atoms with Gasteiger partial charge in [-0.05, 0) is 76.3 Å². The standard InChI is InChI=1S/C31H35N3O3.C8H9F.C2H6/c1-10-11-12-27(19(2)3)21(5)30-33-22(6)28(29(32)34-30)31(9,18-35)24(8)37-17-20(4)25-13-15-26(16-14-25)23(7)36;1-2-7-5-3-4-6-8(7)9;1-2/h10-18H,1,5,8H2,2-4,6-7,9H3,(H2,32,33,34);3-6H,2H2,1H3;1-2H3/b12-11-,20-17+;;. The van der Waals surface area contributed by atoms with Crippen LogP contribution in [0.25, 0.3) is 11.1 Å². The average Bonchev–Trinajstić information content (AvgIpc) is 3.07. The van der Waals surface area contributed by atoms with Gasteiger partial charge in [-0.1, -0.05) is 107 Å². The second-order valence-electron chi connectivity index (χ2n) is 11.1. The zero-order valence-corrected chi connectivity index (χ0v) is 29.9. The molecule has 7 heteroatoms. The van der Waals surface area contributed by atoms with E-state index in [0.29, 0.717) is 28.2 Å². The zero-order chi connectivity index (χ0) is 36.6. The lowest BCUT2D eigenvalue weighted by Crippen LogP contribution is -2.30. The number of aldehydes is 1. The molecule has 0 bridgehead atoms. The van der Waals surface area contributed by atoms with Crippen molar-refractivity contribution in [1.82, 2.24) is 9.97 Å². The molecule has 2 aromatic carbocycles. The molecule has 0 aliphatic carbocycles. The fourth-order valence-corrected chi connectivity index (χ4v) is 4.59. The van der Waals surface area contributed by atoms with Crippen LogP contribution in [0.3, 0.4) is 0 Å². The molecule has 3 rings (SSSR count). The van der Waals surface area contributed by atoms with E-state index < -0.39 is 5.41 Å². The number of allylic oxidation sites excluding steroid dienone is 8. The summed E-state index contributed by atoms with van der Waals surface area (Å²) in [6.07, 6.45) is 8.40. The molecular formula is C41H50FN3O3. The minimum atomic E-state index is -1.30. The molecule has 3 aromatic rings. The Morgan fingerprint density at radius 3 is 2.04 bits per heavy atom. The first-order chi connectivity index (χ1) is 22.7. The van der Waals surface area contributed by atoms with Gasteiger partial charge in [0.1, 0.15) is 29.1 Å². The zero-order valence-electron chi connectivity index (χ0n) is 29.9. The number of ketones is 1. The molecule has 48 heavy (non-hydrogen) atoms. The van der Waals surface area contributed by atoms with Crippen LogP contribution >= 0.6 is 0 Å². The van der Waals surface area contributed by atoms with Crippen molar-refractivity contribution in [3.8, 4) is 0 Å². The van der Waals surface area contributed by atoms with Gasteiger partial charge < -0.3 is 15.3 Å². The van der Waals surface area contributed by atoms with Crippen molar-refractivity contribution in [1.29, 1.82) is 0 Å². The highest BCUT2D eigenvalue weighted by Crippen LogP contribution is 2.36. The molecule has 254 valence electrons. The molecule has 1 heterocycles. The van der Waals surface area contributed by atoms with Crippen LogP contribution in [-0.2, 0) is 21.4 Å². The first-order valence-corrected chi connectivity index (χ1v) is 15.9. The van der Waals surface area contributed by atoms with Gasteiger partial charge in [0.05, 0.1) is 6.26 Å². The van der Waals surface area contributed by atoms with Crippen molar-refractivity contribution in [2.45, 2.75) is 74.1 Å². The summed E-state index contributed by atoms with van der Waals surface area (Å²) in [5.41, 5.74) is 11.6. The summed E-state index contributed by atoms with van der Waals surface area (Å²) in [7, 11) is 0. The van der Waals surface area contributed by atoms with Crippen molar-refractivity contribution in [3.63, 3.8) is 0 Å². The minimum Gasteiger partial charge on any atom is -0.468 e. The number of aromatic nitrogens is 2. The summed E-state index contributed by atoms with van der Waals surface area (Å²) in [6, 6.07) is 14.0. The van der Waals surface area contributed by atoms with Crippen LogP contribution < -0.4 is 5.73 Å². The van der Waals surface area contributed by atoms with Gasteiger partial charge in [-0.3, -0.25) is 4.79 Å². The first-order valence-electron chi connectivity index (χ1n) is 15.9. The van der Waals surface area contributed by atoms with Gasteiger partial charge in [0, 0.05) is 22.4 Å². The highest BCUT2D eigenvalue weighted by Gasteiger charge is 2.36. The van der Waals surface area contributed by atoms with E-state index in [2.05, 4.69) is 29.7 Å². The largest absolute Gasteiger partial charge is 0.468 e. The summed E-state index contributed by atoms with van der Waals surface area (Å²) >= 11 is 0. The van der Waals surface area contributed by atoms with Crippen molar-refractivity contribution in [2.75, 3.05) is 5.73 Å². The van der Waals surface area contributed by atoms with Crippen LogP contribution in [0.1, 0.15) is 94.0 Å². The Bertz CT molecular complexity index is 1690. The molecule has 6 nitrogen and oxygen atoms in total. The van der Waals surface area contributed by atoms with E-state index in [9.17, 15) is 14.0 Å². The summed E-state index contributed by atoms with van der Waals surface area (Å²) in [4.78, 5) is 33.0. The molecular weight excluding hydrogens is 601 g/mol. The Balaban J connectivity index is 0.000000890. The second-order valence-corrected chi connectivity index (χ2v) is 11.1. The Morgan fingerprint density at radius 2 is 1.58 bits per heavy atom. The topological polar surface area (TPSA) is 95.2 Å². The van der Waals surface area contributed by atoms with E-state index in [1.165, 1.54) is 19.3 Å². The van der Waals surface area contributed by atoms with E-state index in [0.717, 1.165) is 40.6 Å². The molecule has 1 atom stereocenters. The second kappa shape index (κ2) is 19.5. The predicted molar refractivity (Wildman–Crippen MR) is 199 cm³/mol. The molecule has 0 saturated carbocycles. The molecule has 2 N–H and O–H groups in total. The number of ether oxygens (including phenoxy) is 1. The molecule has 0 saturated heterocycles. The van der Waals surface area contributed by atoms with Gasteiger partial charge in [-0.25, -0.2) is 14.4 Å². The van der Waals surface area contributed by atoms with Crippen LogP contribution in [0.2, 0.25) is 0 Å². The number of nitrogen functional groups attached to an aromatic ring is 1. The first kappa shape index (κ1) is 40.9. The number of aryl methyl sites for hydroxylation is 2. The SMILES string of the molecule is C=C/C=C\C(C(=C)c1nc(C)c(C(C)(C=O)C(=C)O/C=C(\C)c2ccc(C(C)=O)cc2)c(N)n1)=C(C)C.CC.CCc1ccccc1F. The van der Waals surface area contributed by atoms with Crippen LogP contribution in [-0.4, -0.2) is 22.0 Å². The van der Waals surface area contributed by atoms with Crippen molar-refractivity contribution < 1.29 is 18.7 Å². The van der Waals surface area contributed by atoms with Gasteiger partial charge in [-0.2, -0.15) is 0 Å². The number of hydrogen-bond donors (Lipinski definition) is 1. The number of rotatable bonds is 12. The fraction of sp³-hybridized carbons (Fsp3) is 0.268. The Hall–Kier alpha value is -5.17. The summed E-state index contributed by atoms with van der Waals surface area (Å²) in [5, 5.41) is 0.